The van der Waals surface area contributed by atoms with E-state index in [1.165, 1.54) is 10.8 Å². The monoisotopic (exact) mass is 214 g/mol. The van der Waals surface area contributed by atoms with E-state index in [0.717, 1.165) is 5.56 Å². The van der Waals surface area contributed by atoms with Crippen molar-refractivity contribution in [1.82, 2.24) is 5.32 Å². The molecule has 0 heterocycles. The van der Waals surface area contributed by atoms with Crippen LogP contribution in [0.1, 0.15) is 5.56 Å². The summed E-state index contributed by atoms with van der Waals surface area (Å²) in [7, 11) is 0. The molecule has 3 N–H and O–H groups in total. The summed E-state index contributed by atoms with van der Waals surface area (Å²) in [6, 6.07) is 14.3. The summed E-state index contributed by atoms with van der Waals surface area (Å²) in [5.74, 6) is -0.131. The first-order valence-electron chi connectivity index (χ1n) is 5.24. The van der Waals surface area contributed by atoms with Gasteiger partial charge in [0.25, 0.3) is 0 Å². The lowest BCUT2D eigenvalue weighted by atomic mass is 10.1. The molecule has 0 spiro atoms. The molecule has 0 aromatic heterocycles. The standard InChI is InChI=1S/C13H14N2O/c14-8-13(16)15-9-10-5-6-11-3-1-2-4-12(11)7-10/h1-7H,8-9,14H2,(H,15,16). The van der Waals surface area contributed by atoms with Crippen molar-refractivity contribution in [2.75, 3.05) is 6.54 Å². The molecule has 2 aromatic carbocycles. The second-order valence-electron chi connectivity index (χ2n) is 3.66. The van der Waals surface area contributed by atoms with Crippen LogP contribution >= 0.6 is 0 Å². The first kappa shape index (κ1) is 10.6. The number of fused-ring (bicyclic) bond motifs is 1. The Morgan fingerprint density at radius 3 is 2.62 bits per heavy atom. The second kappa shape index (κ2) is 4.77. The minimum absolute atomic E-state index is 0.0353. The van der Waals surface area contributed by atoms with Crippen LogP contribution in [0.15, 0.2) is 42.5 Å². The van der Waals surface area contributed by atoms with Gasteiger partial charge < -0.3 is 11.1 Å². The van der Waals surface area contributed by atoms with E-state index < -0.39 is 0 Å². The maximum absolute atomic E-state index is 11.0. The normalized spacial score (nSPS) is 10.3. The summed E-state index contributed by atoms with van der Waals surface area (Å²) in [5, 5.41) is 5.14. The van der Waals surface area contributed by atoms with Crippen molar-refractivity contribution in [3.63, 3.8) is 0 Å². The smallest absolute Gasteiger partial charge is 0.234 e. The summed E-state index contributed by atoms with van der Waals surface area (Å²) in [6.45, 7) is 0.564. The number of rotatable bonds is 3. The lowest BCUT2D eigenvalue weighted by molar-refractivity contribution is -0.119. The van der Waals surface area contributed by atoms with Crippen molar-refractivity contribution in [3.8, 4) is 0 Å². The molecule has 16 heavy (non-hydrogen) atoms. The maximum Gasteiger partial charge on any atom is 0.234 e. The Morgan fingerprint density at radius 1 is 1.12 bits per heavy atom. The third-order valence-corrected chi connectivity index (χ3v) is 2.49. The Labute approximate surface area is 94.3 Å². The van der Waals surface area contributed by atoms with Gasteiger partial charge in [-0.15, -0.1) is 0 Å². The Bertz CT molecular complexity index is 508. The number of nitrogens with two attached hydrogens (primary N) is 1. The summed E-state index contributed by atoms with van der Waals surface area (Å²) < 4.78 is 0. The van der Waals surface area contributed by atoms with Crippen LogP contribution in [0.4, 0.5) is 0 Å². The zero-order valence-corrected chi connectivity index (χ0v) is 8.94. The molecule has 0 bridgehead atoms. The van der Waals surface area contributed by atoms with Gasteiger partial charge in [-0.3, -0.25) is 4.79 Å². The highest BCUT2D eigenvalue weighted by Crippen LogP contribution is 2.15. The zero-order chi connectivity index (χ0) is 11.4. The first-order chi connectivity index (χ1) is 7.79. The maximum atomic E-state index is 11.0. The van der Waals surface area contributed by atoms with Crippen LogP contribution in [0.2, 0.25) is 0 Å². The number of nitrogens with one attached hydrogen (secondary N) is 1. The van der Waals surface area contributed by atoms with Gasteiger partial charge in [0, 0.05) is 6.54 Å². The molecule has 0 aliphatic heterocycles. The molecule has 0 aliphatic rings. The van der Waals surface area contributed by atoms with Crippen molar-refractivity contribution in [3.05, 3.63) is 48.0 Å². The van der Waals surface area contributed by atoms with Crippen LogP contribution < -0.4 is 11.1 Å². The van der Waals surface area contributed by atoms with Crippen molar-refractivity contribution in [1.29, 1.82) is 0 Å². The molecule has 2 aromatic rings. The highest BCUT2D eigenvalue weighted by molar-refractivity contribution is 5.83. The van der Waals surface area contributed by atoms with Gasteiger partial charge in [-0.2, -0.15) is 0 Å². The van der Waals surface area contributed by atoms with E-state index in [2.05, 4.69) is 29.6 Å². The fourth-order valence-corrected chi connectivity index (χ4v) is 1.62. The summed E-state index contributed by atoms with van der Waals surface area (Å²) in [5.41, 5.74) is 6.30. The van der Waals surface area contributed by atoms with E-state index in [1.807, 2.05) is 18.2 Å². The number of carbonyl (C=O) groups excluding carboxylic acids is 1. The van der Waals surface area contributed by atoms with Gasteiger partial charge in [0.1, 0.15) is 0 Å². The summed E-state index contributed by atoms with van der Waals surface area (Å²) in [6.07, 6.45) is 0. The molecule has 0 fully saturated rings. The predicted octanol–water partition coefficient (Wildman–Crippen LogP) is 1.41. The number of benzene rings is 2. The zero-order valence-electron chi connectivity index (χ0n) is 8.94. The van der Waals surface area contributed by atoms with E-state index in [9.17, 15) is 4.79 Å². The first-order valence-corrected chi connectivity index (χ1v) is 5.24. The third-order valence-electron chi connectivity index (χ3n) is 2.49. The lowest BCUT2D eigenvalue weighted by Crippen LogP contribution is -2.29. The molecule has 0 saturated carbocycles. The summed E-state index contributed by atoms with van der Waals surface area (Å²) >= 11 is 0. The van der Waals surface area contributed by atoms with Gasteiger partial charge in [0.15, 0.2) is 0 Å². The third kappa shape index (κ3) is 2.38. The molecule has 0 atom stereocenters. The molecule has 2 rings (SSSR count). The largest absolute Gasteiger partial charge is 0.351 e. The predicted molar refractivity (Wildman–Crippen MR) is 64.8 cm³/mol. The van der Waals surface area contributed by atoms with E-state index in [0.29, 0.717) is 6.54 Å². The SMILES string of the molecule is NCC(=O)NCc1ccc2ccccc2c1. The molecule has 82 valence electrons. The van der Waals surface area contributed by atoms with Crippen LogP contribution in [0.5, 0.6) is 0 Å². The Hall–Kier alpha value is -1.87. The average molecular weight is 214 g/mol. The quantitative estimate of drug-likeness (QED) is 0.811. The lowest BCUT2D eigenvalue weighted by Gasteiger charge is -2.05. The fraction of sp³-hybridized carbons (Fsp3) is 0.154. The van der Waals surface area contributed by atoms with Crippen LogP contribution in [-0.4, -0.2) is 12.5 Å². The molecule has 3 heteroatoms. The topological polar surface area (TPSA) is 55.1 Å². The van der Waals surface area contributed by atoms with Gasteiger partial charge >= 0.3 is 0 Å². The van der Waals surface area contributed by atoms with Crippen molar-refractivity contribution in [2.24, 2.45) is 5.73 Å². The van der Waals surface area contributed by atoms with Gasteiger partial charge in [-0.05, 0) is 22.4 Å². The van der Waals surface area contributed by atoms with Gasteiger partial charge in [-0.25, -0.2) is 0 Å². The molecule has 3 nitrogen and oxygen atoms in total. The Balaban J connectivity index is 2.16. The molecular formula is C13H14N2O. The van der Waals surface area contributed by atoms with E-state index in [1.54, 1.807) is 0 Å². The highest BCUT2D eigenvalue weighted by atomic mass is 16.1. The highest BCUT2D eigenvalue weighted by Gasteiger charge is 1.99. The molecule has 1 amide bonds. The average Bonchev–Trinajstić information content (AvgIpc) is 2.35. The second-order valence-corrected chi connectivity index (χ2v) is 3.66. The Kier molecular flexibility index (Phi) is 3.17. The van der Waals surface area contributed by atoms with E-state index in [4.69, 9.17) is 5.73 Å². The van der Waals surface area contributed by atoms with Gasteiger partial charge in [-0.1, -0.05) is 36.4 Å². The van der Waals surface area contributed by atoms with Gasteiger partial charge in [0.2, 0.25) is 5.91 Å². The number of hydrogen-bond donors (Lipinski definition) is 2. The molecule has 0 aliphatic carbocycles. The minimum atomic E-state index is -0.131. The summed E-state index contributed by atoms with van der Waals surface area (Å²) in [4.78, 5) is 11.0. The van der Waals surface area contributed by atoms with Crippen LogP contribution in [0.3, 0.4) is 0 Å². The van der Waals surface area contributed by atoms with Crippen LogP contribution in [0, 0.1) is 0 Å². The molecule has 0 saturated heterocycles. The fourth-order valence-electron chi connectivity index (χ4n) is 1.62. The molecular weight excluding hydrogens is 200 g/mol. The molecule has 0 unspecified atom stereocenters. The van der Waals surface area contributed by atoms with E-state index >= 15 is 0 Å². The Morgan fingerprint density at radius 2 is 1.88 bits per heavy atom. The molecule has 0 radical (unpaired) electrons. The minimum Gasteiger partial charge on any atom is -0.351 e. The van der Waals surface area contributed by atoms with Crippen molar-refractivity contribution >= 4 is 16.7 Å². The van der Waals surface area contributed by atoms with Gasteiger partial charge in [0.05, 0.1) is 6.54 Å². The number of amides is 1. The number of carbonyl (C=O) groups is 1. The van der Waals surface area contributed by atoms with Crippen LogP contribution in [-0.2, 0) is 11.3 Å². The van der Waals surface area contributed by atoms with Crippen LogP contribution in [0.25, 0.3) is 10.8 Å². The van der Waals surface area contributed by atoms with Crippen molar-refractivity contribution < 1.29 is 4.79 Å². The van der Waals surface area contributed by atoms with Crippen molar-refractivity contribution in [2.45, 2.75) is 6.54 Å². The van der Waals surface area contributed by atoms with E-state index in [-0.39, 0.29) is 12.5 Å². The number of hydrogen-bond acceptors (Lipinski definition) is 2.